The van der Waals surface area contributed by atoms with Crippen LogP contribution in [0, 0.1) is 0 Å². The first-order chi connectivity index (χ1) is 10.3. The summed E-state index contributed by atoms with van der Waals surface area (Å²) in [7, 11) is 2.30. The van der Waals surface area contributed by atoms with Gasteiger partial charge in [-0.25, -0.2) is 0 Å². The van der Waals surface area contributed by atoms with Crippen LogP contribution in [0.25, 0.3) is 0 Å². The molecule has 3 heteroatoms. The molecular formula is C18H28N2S. The molecule has 1 atom stereocenters. The summed E-state index contributed by atoms with van der Waals surface area (Å²) in [4.78, 5) is 5.36. The van der Waals surface area contributed by atoms with E-state index in [-0.39, 0.29) is 0 Å². The largest absolute Gasteiger partial charge is 0.299 e. The topological polar surface area (TPSA) is 6.48 Å². The van der Waals surface area contributed by atoms with Crippen molar-refractivity contribution >= 4 is 11.8 Å². The second-order valence-electron chi connectivity index (χ2n) is 6.54. The molecule has 0 unspecified atom stereocenters. The third-order valence-corrected chi connectivity index (χ3v) is 6.08. The predicted octanol–water partition coefficient (Wildman–Crippen LogP) is 3.48. The van der Waals surface area contributed by atoms with Crippen LogP contribution in [-0.2, 0) is 6.54 Å². The van der Waals surface area contributed by atoms with Crippen LogP contribution in [0.1, 0.15) is 31.2 Å². The van der Waals surface area contributed by atoms with Gasteiger partial charge >= 0.3 is 0 Å². The summed E-state index contributed by atoms with van der Waals surface area (Å²) >= 11 is 2.13. The lowest BCUT2D eigenvalue weighted by atomic mass is 9.99. The minimum Gasteiger partial charge on any atom is -0.299 e. The van der Waals surface area contributed by atoms with E-state index in [1.54, 1.807) is 0 Å². The smallest absolute Gasteiger partial charge is 0.0234 e. The third-order valence-electron chi connectivity index (χ3n) is 5.03. The Bertz CT molecular complexity index is 416. The molecule has 1 aromatic carbocycles. The van der Waals surface area contributed by atoms with E-state index in [0.29, 0.717) is 0 Å². The third kappa shape index (κ3) is 4.24. The molecule has 2 nitrogen and oxygen atoms in total. The summed E-state index contributed by atoms with van der Waals surface area (Å²) in [5.41, 5.74) is 1.44. The van der Waals surface area contributed by atoms with Crippen LogP contribution < -0.4 is 0 Å². The molecule has 2 aliphatic rings. The van der Waals surface area contributed by atoms with Crippen molar-refractivity contribution in [1.82, 2.24) is 9.80 Å². The van der Waals surface area contributed by atoms with Crippen LogP contribution >= 0.6 is 11.8 Å². The highest BCUT2D eigenvalue weighted by Gasteiger charge is 2.28. The van der Waals surface area contributed by atoms with Gasteiger partial charge in [0, 0.05) is 25.2 Å². The van der Waals surface area contributed by atoms with Gasteiger partial charge in [0.25, 0.3) is 0 Å². The number of thioether (sulfide) groups is 1. The number of piperidine rings is 1. The second-order valence-corrected chi connectivity index (χ2v) is 7.76. The molecule has 0 radical (unpaired) electrons. The molecule has 0 spiro atoms. The van der Waals surface area contributed by atoms with Crippen molar-refractivity contribution in [2.24, 2.45) is 0 Å². The first kappa shape index (κ1) is 15.4. The van der Waals surface area contributed by atoms with Crippen molar-refractivity contribution in [3.05, 3.63) is 35.9 Å². The molecular weight excluding hydrogens is 276 g/mol. The molecule has 0 aromatic heterocycles. The Labute approximate surface area is 133 Å². The summed E-state index contributed by atoms with van der Waals surface area (Å²) in [5, 5.41) is 0. The van der Waals surface area contributed by atoms with Crippen LogP contribution in [0.4, 0.5) is 0 Å². The van der Waals surface area contributed by atoms with Crippen molar-refractivity contribution in [1.29, 1.82) is 0 Å². The number of benzene rings is 1. The second kappa shape index (κ2) is 7.66. The van der Waals surface area contributed by atoms with E-state index in [2.05, 4.69) is 58.9 Å². The molecule has 1 aromatic rings. The minimum atomic E-state index is 0.730. The Balaban J connectivity index is 1.55. The molecule has 0 bridgehead atoms. The molecule has 2 heterocycles. The van der Waals surface area contributed by atoms with Gasteiger partial charge in [-0.15, -0.1) is 0 Å². The van der Waals surface area contributed by atoms with E-state index in [1.807, 2.05) is 0 Å². The zero-order valence-electron chi connectivity index (χ0n) is 13.2. The first-order valence-electron chi connectivity index (χ1n) is 8.39. The van der Waals surface area contributed by atoms with Crippen molar-refractivity contribution < 1.29 is 0 Å². The number of likely N-dealkylation sites (N-methyl/N-ethyl adjacent to an activating group) is 1. The van der Waals surface area contributed by atoms with Gasteiger partial charge in [-0.3, -0.25) is 9.80 Å². The summed E-state index contributed by atoms with van der Waals surface area (Å²) < 4.78 is 0. The van der Waals surface area contributed by atoms with Gasteiger partial charge in [0.1, 0.15) is 0 Å². The van der Waals surface area contributed by atoms with Gasteiger partial charge in [-0.2, -0.15) is 11.8 Å². The van der Waals surface area contributed by atoms with Crippen molar-refractivity contribution in [3.63, 3.8) is 0 Å². The quantitative estimate of drug-likeness (QED) is 0.841. The van der Waals surface area contributed by atoms with Crippen LogP contribution in [0.2, 0.25) is 0 Å². The highest BCUT2D eigenvalue weighted by molar-refractivity contribution is 7.99. The number of likely N-dealkylation sites (tertiary alicyclic amines) is 1. The number of hydrogen-bond acceptors (Lipinski definition) is 3. The molecule has 3 rings (SSSR count). The molecule has 21 heavy (non-hydrogen) atoms. The normalized spacial score (nSPS) is 25.3. The molecule has 2 aliphatic heterocycles. The Hall–Kier alpha value is -0.510. The number of hydrogen-bond donors (Lipinski definition) is 0. The zero-order chi connectivity index (χ0) is 14.5. The highest BCUT2D eigenvalue weighted by atomic mass is 32.2. The van der Waals surface area contributed by atoms with E-state index in [9.17, 15) is 0 Å². The van der Waals surface area contributed by atoms with Crippen LogP contribution in [0.5, 0.6) is 0 Å². The lowest BCUT2D eigenvalue weighted by Crippen LogP contribution is -2.50. The van der Waals surface area contributed by atoms with E-state index < -0.39 is 0 Å². The Morgan fingerprint density at radius 3 is 2.67 bits per heavy atom. The van der Waals surface area contributed by atoms with E-state index in [1.165, 1.54) is 55.8 Å². The maximum Gasteiger partial charge on any atom is 0.0234 e. The molecule has 116 valence electrons. The van der Waals surface area contributed by atoms with Gasteiger partial charge in [-0.1, -0.05) is 30.3 Å². The van der Waals surface area contributed by atoms with E-state index in [4.69, 9.17) is 0 Å². The number of nitrogens with zero attached hydrogens (tertiary/aromatic N) is 2. The Morgan fingerprint density at radius 1 is 1.14 bits per heavy atom. The lowest BCUT2D eigenvalue weighted by Gasteiger charge is -2.42. The first-order valence-corrected chi connectivity index (χ1v) is 9.54. The molecule has 2 saturated heterocycles. The summed E-state index contributed by atoms with van der Waals surface area (Å²) in [6, 6.07) is 12.5. The fraction of sp³-hybridized carbons (Fsp3) is 0.667. The summed E-state index contributed by atoms with van der Waals surface area (Å²) in [6.07, 6.45) is 5.54. The average Bonchev–Trinajstić information content (AvgIpc) is 2.57. The fourth-order valence-electron chi connectivity index (χ4n) is 3.73. The summed E-state index contributed by atoms with van der Waals surface area (Å²) in [6.45, 7) is 3.68. The molecule has 0 saturated carbocycles. The summed E-state index contributed by atoms with van der Waals surface area (Å²) in [5.74, 6) is 2.73. The van der Waals surface area contributed by atoms with Gasteiger partial charge in [0.15, 0.2) is 0 Å². The fourth-order valence-corrected chi connectivity index (χ4v) is 4.81. The van der Waals surface area contributed by atoms with Crippen LogP contribution in [-0.4, -0.2) is 53.5 Å². The monoisotopic (exact) mass is 304 g/mol. The maximum absolute atomic E-state index is 2.79. The molecule has 0 amide bonds. The zero-order valence-corrected chi connectivity index (χ0v) is 14.0. The lowest BCUT2D eigenvalue weighted by molar-refractivity contribution is 0.0774. The van der Waals surface area contributed by atoms with E-state index in [0.717, 1.165) is 18.6 Å². The molecule has 2 fully saturated rings. The van der Waals surface area contributed by atoms with Crippen LogP contribution in [0.15, 0.2) is 30.3 Å². The standard InChI is InChI=1S/C18H28N2S/c1-19(14-16-6-3-2-4-7-16)18-8-5-11-20(15-18)17-9-12-21-13-10-17/h2-4,6-7,17-18H,5,8-15H2,1H3/t18-/m1/s1. The van der Waals surface area contributed by atoms with E-state index >= 15 is 0 Å². The van der Waals surface area contributed by atoms with Crippen molar-refractivity contribution in [3.8, 4) is 0 Å². The Kier molecular flexibility index (Phi) is 5.61. The SMILES string of the molecule is CN(Cc1ccccc1)[C@@H]1CCCN(C2CCSCC2)C1. The molecule has 0 aliphatic carbocycles. The average molecular weight is 305 g/mol. The van der Waals surface area contributed by atoms with Gasteiger partial charge in [-0.05, 0) is 56.3 Å². The Morgan fingerprint density at radius 2 is 1.90 bits per heavy atom. The maximum atomic E-state index is 2.79. The van der Waals surface area contributed by atoms with Crippen LogP contribution in [0.3, 0.4) is 0 Å². The van der Waals surface area contributed by atoms with Gasteiger partial charge in [0.05, 0.1) is 0 Å². The molecule has 0 N–H and O–H groups in total. The van der Waals surface area contributed by atoms with Crippen molar-refractivity contribution in [2.75, 3.05) is 31.6 Å². The van der Waals surface area contributed by atoms with Crippen molar-refractivity contribution in [2.45, 2.75) is 44.3 Å². The number of rotatable bonds is 4. The van der Waals surface area contributed by atoms with Gasteiger partial charge < -0.3 is 0 Å². The highest BCUT2D eigenvalue weighted by Crippen LogP contribution is 2.26. The van der Waals surface area contributed by atoms with Gasteiger partial charge in [0.2, 0.25) is 0 Å². The predicted molar refractivity (Wildman–Crippen MR) is 92.9 cm³/mol. The minimum absolute atomic E-state index is 0.730.